The van der Waals surface area contributed by atoms with Gasteiger partial charge in [-0.3, -0.25) is 30.1 Å². The number of anilines is 1. The Morgan fingerprint density at radius 3 is 2.31 bits per heavy atom. The molecule has 0 aromatic heterocycles. The van der Waals surface area contributed by atoms with E-state index in [1.165, 1.54) is 23.1 Å². The molecule has 0 unspecified atom stereocenters. The van der Waals surface area contributed by atoms with E-state index < -0.39 is 17.6 Å². The van der Waals surface area contributed by atoms with Gasteiger partial charge in [-0.25, -0.2) is 4.39 Å². The maximum Gasteiger partial charge on any atom is 0.269 e. The zero-order valence-electron chi connectivity index (χ0n) is 14.2. The quantitative estimate of drug-likeness (QED) is 0.676. The van der Waals surface area contributed by atoms with Crippen molar-refractivity contribution in [2.24, 2.45) is 0 Å². The summed E-state index contributed by atoms with van der Waals surface area (Å²) in [6.07, 6.45) is 0. The molecule has 0 saturated heterocycles. The summed E-state index contributed by atoms with van der Waals surface area (Å²) in [5.74, 6) is -1.76. The molecule has 136 valence electrons. The maximum absolute atomic E-state index is 13.1. The number of halogens is 1. The number of carbonyl (C=O) groups is 3. The molecule has 0 atom stereocenters. The summed E-state index contributed by atoms with van der Waals surface area (Å²) in [6.45, 7) is -0.178. The van der Waals surface area contributed by atoms with E-state index in [9.17, 15) is 18.8 Å². The van der Waals surface area contributed by atoms with Gasteiger partial charge in [-0.2, -0.15) is 0 Å². The Morgan fingerprint density at radius 2 is 1.62 bits per heavy atom. The molecular formula is C18H19FN4O3. The van der Waals surface area contributed by atoms with Crippen LogP contribution in [0.1, 0.15) is 10.4 Å². The molecule has 0 aliphatic rings. The van der Waals surface area contributed by atoms with E-state index >= 15 is 0 Å². The second-order valence-electron chi connectivity index (χ2n) is 5.60. The van der Waals surface area contributed by atoms with Gasteiger partial charge in [0.05, 0.1) is 13.1 Å². The Balaban J connectivity index is 1.72. The second-order valence-corrected chi connectivity index (χ2v) is 5.60. The summed E-state index contributed by atoms with van der Waals surface area (Å²) in [5.41, 5.74) is 5.33. The van der Waals surface area contributed by atoms with Crippen molar-refractivity contribution in [3.05, 3.63) is 66.0 Å². The second kappa shape index (κ2) is 9.28. The van der Waals surface area contributed by atoms with E-state index in [0.717, 1.165) is 0 Å². The summed E-state index contributed by atoms with van der Waals surface area (Å²) < 4.78 is 13.1. The summed E-state index contributed by atoms with van der Waals surface area (Å²) in [7, 11) is 1.57. The SMILES string of the molecule is CN(CC(=O)NNC(=O)c1ccccc1)CC(=O)Nc1cccc(F)c1. The van der Waals surface area contributed by atoms with Crippen molar-refractivity contribution in [3.8, 4) is 0 Å². The Hall–Kier alpha value is -3.26. The first kappa shape index (κ1) is 19.1. The summed E-state index contributed by atoms with van der Waals surface area (Å²) in [5, 5.41) is 2.54. The highest BCUT2D eigenvalue weighted by molar-refractivity contribution is 5.95. The Kier molecular flexibility index (Phi) is 6.81. The van der Waals surface area contributed by atoms with Gasteiger partial charge in [0.2, 0.25) is 5.91 Å². The minimum Gasteiger partial charge on any atom is -0.325 e. The van der Waals surface area contributed by atoms with E-state index in [-0.39, 0.29) is 19.0 Å². The molecule has 0 heterocycles. The number of rotatable bonds is 6. The molecule has 3 amide bonds. The predicted octanol–water partition coefficient (Wildman–Crippen LogP) is 1.16. The molecule has 7 nitrogen and oxygen atoms in total. The minimum atomic E-state index is -0.477. The average Bonchev–Trinajstić information content (AvgIpc) is 2.60. The number of benzene rings is 2. The van der Waals surface area contributed by atoms with E-state index in [1.54, 1.807) is 43.4 Å². The van der Waals surface area contributed by atoms with Gasteiger partial charge in [0, 0.05) is 11.3 Å². The first-order valence-electron chi connectivity index (χ1n) is 7.82. The van der Waals surface area contributed by atoms with Crippen LogP contribution >= 0.6 is 0 Å². The van der Waals surface area contributed by atoms with Crippen LogP contribution in [0.15, 0.2) is 54.6 Å². The number of nitrogens with zero attached hydrogens (tertiary/aromatic N) is 1. The summed E-state index contributed by atoms with van der Waals surface area (Å²) in [4.78, 5) is 37.0. The lowest BCUT2D eigenvalue weighted by atomic mass is 10.2. The van der Waals surface area contributed by atoms with Gasteiger partial charge in [0.25, 0.3) is 11.8 Å². The molecule has 0 fully saturated rings. The predicted molar refractivity (Wildman–Crippen MR) is 94.6 cm³/mol. The molecule has 8 heteroatoms. The smallest absolute Gasteiger partial charge is 0.269 e. The Morgan fingerprint density at radius 1 is 0.923 bits per heavy atom. The fraction of sp³-hybridized carbons (Fsp3) is 0.167. The van der Waals surface area contributed by atoms with Gasteiger partial charge >= 0.3 is 0 Å². The topological polar surface area (TPSA) is 90.5 Å². The van der Waals surface area contributed by atoms with Gasteiger partial charge < -0.3 is 5.32 Å². The molecule has 0 spiro atoms. The van der Waals surface area contributed by atoms with Crippen molar-refractivity contribution in [2.75, 3.05) is 25.5 Å². The van der Waals surface area contributed by atoms with Crippen LogP contribution in [0.3, 0.4) is 0 Å². The highest BCUT2D eigenvalue weighted by Gasteiger charge is 2.12. The molecule has 2 aromatic carbocycles. The molecule has 0 saturated carbocycles. The number of amides is 3. The van der Waals surface area contributed by atoms with Gasteiger partial charge in [-0.1, -0.05) is 24.3 Å². The van der Waals surface area contributed by atoms with Gasteiger partial charge in [0.15, 0.2) is 0 Å². The van der Waals surface area contributed by atoms with Crippen LogP contribution < -0.4 is 16.2 Å². The van der Waals surface area contributed by atoms with E-state index in [1.807, 2.05) is 0 Å². The normalized spacial score (nSPS) is 10.3. The molecular weight excluding hydrogens is 339 g/mol. The molecule has 0 radical (unpaired) electrons. The number of likely N-dealkylation sites (N-methyl/N-ethyl adjacent to an activating group) is 1. The lowest BCUT2D eigenvalue weighted by Crippen LogP contribution is -2.46. The van der Waals surface area contributed by atoms with Crippen LogP contribution in [0.5, 0.6) is 0 Å². The Labute approximate surface area is 150 Å². The lowest BCUT2D eigenvalue weighted by Gasteiger charge is -2.16. The average molecular weight is 358 g/mol. The molecule has 0 aliphatic carbocycles. The lowest BCUT2D eigenvalue weighted by molar-refractivity contribution is -0.123. The molecule has 0 aliphatic heterocycles. The van der Waals surface area contributed by atoms with Crippen LogP contribution in [-0.4, -0.2) is 42.8 Å². The van der Waals surface area contributed by atoms with Crippen molar-refractivity contribution in [1.82, 2.24) is 15.8 Å². The van der Waals surface area contributed by atoms with Gasteiger partial charge in [-0.15, -0.1) is 0 Å². The van der Waals surface area contributed by atoms with E-state index in [0.29, 0.717) is 11.3 Å². The number of hydrogen-bond acceptors (Lipinski definition) is 4. The van der Waals surface area contributed by atoms with Gasteiger partial charge in [-0.05, 0) is 37.4 Å². The summed E-state index contributed by atoms with van der Waals surface area (Å²) >= 11 is 0. The van der Waals surface area contributed by atoms with Gasteiger partial charge in [0.1, 0.15) is 5.82 Å². The highest BCUT2D eigenvalue weighted by atomic mass is 19.1. The van der Waals surface area contributed by atoms with E-state index in [2.05, 4.69) is 16.2 Å². The maximum atomic E-state index is 13.1. The van der Waals surface area contributed by atoms with Crippen LogP contribution in [0, 0.1) is 5.82 Å². The fourth-order valence-electron chi connectivity index (χ4n) is 2.14. The van der Waals surface area contributed by atoms with Crippen LogP contribution in [0.2, 0.25) is 0 Å². The van der Waals surface area contributed by atoms with Crippen molar-refractivity contribution in [2.45, 2.75) is 0 Å². The first-order chi connectivity index (χ1) is 12.4. The third-order valence-electron chi connectivity index (χ3n) is 3.29. The third-order valence-corrected chi connectivity index (χ3v) is 3.29. The number of hydrazine groups is 1. The zero-order valence-corrected chi connectivity index (χ0v) is 14.2. The molecule has 2 rings (SSSR count). The standard InChI is InChI=1S/C18H19FN4O3/c1-23(11-16(24)20-15-9-5-8-14(19)10-15)12-17(25)21-22-18(26)13-6-3-2-4-7-13/h2-10H,11-12H2,1H3,(H,20,24)(H,21,25)(H,22,26). The van der Waals surface area contributed by atoms with Crippen molar-refractivity contribution in [1.29, 1.82) is 0 Å². The number of nitrogens with one attached hydrogen (secondary N) is 3. The van der Waals surface area contributed by atoms with Crippen LogP contribution in [0.25, 0.3) is 0 Å². The molecule has 0 bridgehead atoms. The molecule has 26 heavy (non-hydrogen) atoms. The van der Waals surface area contributed by atoms with Crippen LogP contribution in [-0.2, 0) is 9.59 Å². The molecule has 3 N–H and O–H groups in total. The first-order valence-corrected chi connectivity index (χ1v) is 7.82. The minimum absolute atomic E-state index is 0.0729. The third kappa shape index (κ3) is 6.33. The summed E-state index contributed by atoms with van der Waals surface area (Å²) in [6, 6.07) is 13.9. The molecule has 2 aromatic rings. The largest absolute Gasteiger partial charge is 0.325 e. The monoisotopic (exact) mass is 358 g/mol. The van der Waals surface area contributed by atoms with Crippen molar-refractivity contribution in [3.63, 3.8) is 0 Å². The number of carbonyl (C=O) groups excluding carboxylic acids is 3. The Bertz CT molecular complexity index is 783. The fourth-order valence-corrected chi connectivity index (χ4v) is 2.14. The number of hydrogen-bond donors (Lipinski definition) is 3. The van der Waals surface area contributed by atoms with Crippen LogP contribution in [0.4, 0.5) is 10.1 Å². The van der Waals surface area contributed by atoms with Crippen molar-refractivity contribution < 1.29 is 18.8 Å². The van der Waals surface area contributed by atoms with Crippen molar-refractivity contribution >= 4 is 23.4 Å². The zero-order chi connectivity index (χ0) is 18.9. The van der Waals surface area contributed by atoms with E-state index in [4.69, 9.17) is 0 Å². The highest BCUT2D eigenvalue weighted by Crippen LogP contribution is 2.08.